The van der Waals surface area contributed by atoms with Gasteiger partial charge in [-0.2, -0.15) is 0 Å². The first-order valence-corrected chi connectivity index (χ1v) is 5.66. The molecule has 0 amide bonds. The van der Waals surface area contributed by atoms with Crippen LogP contribution in [0.15, 0.2) is 0 Å². The van der Waals surface area contributed by atoms with E-state index in [0.717, 1.165) is 23.7 Å². The Bertz CT molecular complexity index is 128. The molecule has 4 atom stereocenters. The lowest BCUT2D eigenvalue weighted by Gasteiger charge is -2.28. The molecular weight excluding hydrogens is 144 g/mol. The molecule has 4 unspecified atom stereocenters. The highest BCUT2D eigenvalue weighted by Crippen LogP contribution is 2.38. The summed E-state index contributed by atoms with van der Waals surface area (Å²) in [5.74, 6) is 3.87. The van der Waals surface area contributed by atoms with Crippen LogP contribution >= 0.6 is 0 Å². The Kier molecular flexibility index (Phi) is 3.61. The zero-order valence-corrected chi connectivity index (χ0v) is 9.14. The molecule has 1 fully saturated rings. The molecule has 12 heavy (non-hydrogen) atoms. The van der Waals surface area contributed by atoms with E-state index < -0.39 is 0 Å². The third-order valence-corrected chi connectivity index (χ3v) is 4.09. The minimum Gasteiger partial charge on any atom is -0.0651 e. The summed E-state index contributed by atoms with van der Waals surface area (Å²) in [6.45, 7) is 9.70. The summed E-state index contributed by atoms with van der Waals surface area (Å²) in [7, 11) is 0. The first-order chi connectivity index (χ1) is 5.66. The van der Waals surface area contributed by atoms with Gasteiger partial charge in [0.25, 0.3) is 0 Å². The SMILES string of the molecule is CCC1C(C)CCCC(C)C1C. The quantitative estimate of drug-likeness (QED) is 0.517. The maximum absolute atomic E-state index is 2.46. The molecule has 0 spiro atoms. The highest BCUT2D eigenvalue weighted by Gasteiger charge is 2.28. The van der Waals surface area contributed by atoms with Crippen molar-refractivity contribution < 1.29 is 0 Å². The van der Waals surface area contributed by atoms with Gasteiger partial charge in [0.05, 0.1) is 0 Å². The van der Waals surface area contributed by atoms with Crippen LogP contribution in [0.2, 0.25) is 0 Å². The first-order valence-electron chi connectivity index (χ1n) is 5.66. The standard InChI is InChI=1S/C12H24/c1-5-12-10(3)8-6-7-9(2)11(12)4/h9-12H,5-8H2,1-4H3. The van der Waals surface area contributed by atoms with E-state index in [1.165, 1.54) is 25.7 Å². The Morgan fingerprint density at radius 1 is 1.00 bits per heavy atom. The van der Waals surface area contributed by atoms with Crippen molar-refractivity contribution in [1.29, 1.82) is 0 Å². The normalized spacial score (nSPS) is 44.0. The van der Waals surface area contributed by atoms with Gasteiger partial charge < -0.3 is 0 Å². The van der Waals surface area contributed by atoms with Crippen LogP contribution in [-0.2, 0) is 0 Å². The fourth-order valence-corrected chi connectivity index (χ4v) is 2.95. The second-order valence-corrected chi connectivity index (χ2v) is 4.82. The summed E-state index contributed by atoms with van der Waals surface area (Å²) in [4.78, 5) is 0. The second kappa shape index (κ2) is 4.30. The zero-order valence-electron chi connectivity index (χ0n) is 9.14. The van der Waals surface area contributed by atoms with E-state index in [9.17, 15) is 0 Å². The molecule has 0 heterocycles. The van der Waals surface area contributed by atoms with Crippen molar-refractivity contribution >= 4 is 0 Å². The van der Waals surface area contributed by atoms with Gasteiger partial charge in [0, 0.05) is 0 Å². The summed E-state index contributed by atoms with van der Waals surface area (Å²) in [6, 6.07) is 0. The van der Waals surface area contributed by atoms with Gasteiger partial charge in [-0.05, 0) is 23.7 Å². The van der Waals surface area contributed by atoms with Gasteiger partial charge in [0.15, 0.2) is 0 Å². The van der Waals surface area contributed by atoms with Crippen molar-refractivity contribution in [3.05, 3.63) is 0 Å². The maximum atomic E-state index is 2.46. The van der Waals surface area contributed by atoms with Crippen LogP contribution in [0.25, 0.3) is 0 Å². The van der Waals surface area contributed by atoms with E-state index in [0.29, 0.717) is 0 Å². The van der Waals surface area contributed by atoms with Gasteiger partial charge >= 0.3 is 0 Å². The summed E-state index contributed by atoms with van der Waals surface area (Å²) < 4.78 is 0. The lowest BCUT2D eigenvalue weighted by Crippen LogP contribution is -2.21. The molecule has 0 heteroatoms. The highest BCUT2D eigenvalue weighted by atomic mass is 14.3. The molecule has 0 radical (unpaired) electrons. The third-order valence-electron chi connectivity index (χ3n) is 4.09. The van der Waals surface area contributed by atoms with Gasteiger partial charge in [-0.15, -0.1) is 0 Å². The molecule has 1 rings (SSSR count). The van der Waals surface area contributed by atoms with E-state index in [1.54, 1.807) is 0 Å². The van der Waals surface area contributed by atoms with E-state index in [1.807, 2.05) is 0 Å². The van der Waals surface area contributed by atoms with Gasteiger partial charge in [0.2, 0.25) is 0 Å². The van der Waals surface area contributed by atoms with E-state index in [4.69, 9.17) is 0 Å². The van der Waals surface area contributed by atoms with Gasteiger partial charge in [0.1, 0.15) is 0 Å². The van der Waals surface area contributed by atoms with Crippen LogP contribution in [0.1, 0.15) is 53.4 Å². The van der Waals surface area contributed by atoms with Crippen molar-refractivity contribution in [2.24, 2.45) is 23.7 Å². The lowest BCUT2D eigenvalue weighted by atomic mass is 9.77. The minimum atomic E-state index is 0.951. The third kappa shape index (κ3) is 2.02. The van der Waals surface area contributed by atoms with Gasteiger partial charge in [-0.1, -0.05) is 53.4 Å². The smallest absolute Gasteiger partial charge is 0.0363 e. The van der Waals surface area contributed by atoms with Gasteiger partial charge in [-0.3, -0.25) is 0 Å². The molecular formula is C12H24. The van der Waals surface area contributed by atoms with E-state index >= 15 is 0 Å². The predicted octanol–water partition coefficient (Wildman–Crippen LogP) is 4.10. The van der Waals surface area contributed by atoms with Crippen molar-refractivity contribution in [2.75, 3.05) is 0 Å². The number of rotatable bonds is 1. The molecule has 0 aromatic carbocycles. The molecule has 0 aromatic heterocycles. The second-order valence-electron chi connectivity index (χ2n) is 4.82. The molecule has 0 N–H and O–H groups in total. The fraction of sp³-hybridized carbons (Fsp3) is 1.00. The summed E-state index contributed by atoms with van der Waals surface area (Å²) in [5.41, 5.74) is 0. The number of hydrogen-bond donors (Lipinski definition) is 0. The predicted molar refractivity (Wildman–Crippen MR) is 55.1 cm³/mol. The van der Waals surface area contributed by atoms with Crippen LogP contribution in [0.5, 0.6) is 0 Å². The monoisotopic (exact) mass is 168 g/mol. The number of hydrogen-bond acceptors (Lipinski definition) is 0. The molecule has 0 saturated heterocycles. The van der Waals surface area contributed by atoms with Crippen LogP contribution in [0, 0.1) is 23.7 Å². The largest absolute Gasteiger partial charge is 0.0651 e. The van der Waals surface area contributed by atoms with E-state index in [2.05, 4.69) is 27.7 Å². The Morgan fingerprint density at radius 3 is 2.17 bits per heavy atom. The molecule has 0 aromatic rings. The molecule has 1 aliphatic carbocycles. The molecule has 1 aliphatic rings. The van der Waals surface area contributed by atoms with Crippen molar-refractivity contribution in [3.63, 3.8) is 0 Å². The van der Waals surface area contributed by atoms with Crippen molar-refractivity contribution in [3.8, 4) is 0 Å². The summed E-state index contributed by atoms with van der Waals surface area (Å²) in [5, 5.41) is 0. The molecule has 0 bridgehead atoms. The summed E-state index contributed by atoms with van der Waals surface area (Å²) >= 11 is 0. The van der Waals surface area contributed by atoms with Crippen molar-refractivity contribution in [2.45, 2.75) is 53.4 Å². The maximum Gasteiger partial charge on any atom is -0.0363 e. The zero-order chi connectivity index (χ0) is 9.14. The first kappa shape index (κ1) is 10.1. The Hall–Kier alpha value is 0. The minimum absolute atomic E-state index is 0.951. The van der Waals surface area contributed by atoms with E-state index in [-0.39, 0.29) is 0 Å². The van der Waals surface area contributed by atoms with Crippen LogP contribution < -0.4 is 0 Å². The fourth-order valence-electron chi connectivity index (χ4n) is 2.95. The average molecular weight is 168 g/mol. The van der Waals surface area contributed by atoms with Gasteiger partial charge in [-0.25, -0.2) is 0 Å². The summed E-state index contributed by atoms with van der Waals surface area (Å²) in [6.07, 6.45) is 5.77. The van der Waals surface area contributed by atoms with Crippen LogP contribution in [-0.4, -0.2) is 0 Å². The molecule has 72 valence electrons. The molecule has 1 saturated carbocycles. The Morgan fingerprint density at radius 2 is 1.58 bits per heavy atom. The lowest BCUT2D eigenvalue weighted by molar-refractivity contribution is 0.208. The molecule has 0 aliphatic heterocycles. The molecule has 0 nitrogen and oxygen atoms in total. The Balaban J connectivity index is 2.63. The van der Waals surface area contributed by atoms with Crippen LogP contribution in [0.4, 0.5) is 0 Å². The van der Waals surface area contributed by atoms with Crippen LogP contribution in [0.3, 0.4) is 0 Å². The topological polar surface area (TPSA) is 0 Å². The van der Waals surface area contributed by atoms with Crippen molar-refractivity contribution in [1.82, 2.24) is 0 Å². The Labute approximate surface area is 77.7 Å². The average Bonchev–Trinajstić information content (AvgIpc) is 2.14. The highest BCUT2D eigenvalue weighted by molar-refractivity contribution is 4.78.